The van der Waals surface area contributed by atoms with Gasteiger partial charge in [0.1, 0.15) is 11.9 Å². The SMILES string of the molecule is C[C@@]1(C=O)CCC[C@]2(C)C1CC[C@]13C[C@@](O)(CCl)[C@](O)(CC[C@H]12)C3. The average molecular weight is 355 g/mol. The van der Waals surface area contributed by atoms with Gasteiger partial charge in [-0.1, -0.05) is 20.3 Å². The van der Waals surface area contributed by atoms with Crippen molar-refractivity contribution in [2.24, 2.45) is 28.1 Å². The molecule has 136 valence electrons. The molecule has 0 aromatic heterocycles. The third-order valence-corrected chi connectivity index (χ3v) is 9.42. The highest BCUT2D eigenvalue weighted by molar-refractivity contribution is 6.18. The summed E-state index contributed by atoms with van der Waals surface area (Å²) in [7, 11) is 0. The molecule has 4 aliphatic rings. The summed E-state index contributed by atoms with van der Waals surface area (Å²) in [5.41, 5.74) is -2.22. The van der Waals surface area contributed by atoms with E-state index in [1.165, 1.54) is 12.7 Å². The number of aldehydes is 1. The Kier molecular flexibility index (Phi) is 3.59. The molecule has 0 aromatic carbocycles. The maximum absolute atomic E-state index is 11.9. The smallest absolute Gasteiger partial charge is 0.126 e. The first-order valence-electron chi connectivity index (χ1n) is 9.64. The van der Waals surface area contributed by atoms with Crippen molar-refractivity contribution >= 4 is 17.9 Å². The summed E-state index contributed by atoms with van der Waals surface area (Å²) in [6, 6.07) is 0. The molecule has 24 heavy (non-hydrogen) atoms. The molecular weight excluding hydrogens is 324 g/mol. The predicted octanol–water partition coefficient (Wildman–Crippen LogP) is 3.68. The number of alkyl halides is 1. The van der Waals surface area contributed by atoms with Crippen LogP contribution in [0.25, 0.3) is 0 Å². The Balaban J connectivity index is 1.75. The summed E-state index contributed by atoms with van der Waals surface area (Å²) in [6.45, 7) is 4.55. The fourth-order valence-electron chi connectivity index (χ4n) is 7.97. The van der Waals surface area contributed by atoms with Crippen molar-refractivity contribution < 1.29 is 15.0 Å². The maximum atomic E-state index is 11.9. The number of aliphatic hydroxyl groups is 2. The Bertz CT molecular complexity index is 565. The van der Waals surface area contributed by atoms with E-state index in [9.17, 15) is 15.0 Å². The third-order valence-electron chi connectivity index (χ3n) is 8.98. The molecule has 2 bridgehead atoms. The van der Waals surface area contributed by atoms with Gasteiger partial charge < -0.3 is 15.0 Å². The van der Waals surface area contributed by atoms with Crippen molar-refractivity contribution in [1.82, 2.24) is 0 Å². The average Bonchev–Trinajstić information content (AvgIpc) is 2.69. The monoisotopic (exact) mass is 354 g/mol. The maximum Gasteiger partial charge on any atom is 0.126 e. The minimum Gasteiger partial charge on any atom is -0.387 e. The van der Waals surface area contributed by atoms with Crippen molar-refractivity contribution in [2.75, 3.05) is 5.88 Å². The largest absolute Gasteiger partial charge is 0.387 e. The molecule has 0 aliphatic heterocycles. The van der Waals surface area contributed by atoms with Gasteiger partial charge in [0.05, 0.1) is 11.5 Å². The first-order chi connectivity index (χ1) is 11.2. The highest BCUT2D eigenvalue weighted by Crippen LogP contribution is 2.73. The zero-order valence-corrected chi connectivity index (χ0v) is 15.7. The molecule has 4 saturated carbocycles. The van der Waals surface area contributed by atoms with E-state index in [0.717, 1.165) is 32.1 Å². The summed E-state index contributed by atoms with van der Waals surface area (Å²) in [5.74, 6) is 1.04. The van der Waals surface area contributed by atoms with Gasteiger partial charge in [-0.15, -0.1) is 11.6 Å². The highest BCUT2D eigenvalue weighted by Gasteiger charge is 2.71. The molecule has 4 fully saturated rings. The van der Waals surface area contributed by atoms with E-state index in [1.807, 2.05) is 0 Å². The molecule has 4 aliphatic carbocycles. The molecule has 3 nitrogen and oxygen atoms in total. The zero-order chi connectivity index (χ0) is 17.4. The molecule has 4 rings (SSSR count). The van der Waals surface area contributed by atoms with Crippen molar-refractivity contribution in [3.05, 3.63) is 0 Å². The Hall–Kier alpha value is -0.120. The lowest BCUT2D eigenvalue weighted by Crippen LogP contribution is -2.58. The standard InChI is InChI=1S/C20H31ClO3/c1-16(13-22)6-3-7-17(2)14(16)4-8-18-10-19(23,9-5-15(17)18)20(24,11-18)12-21/h13-15,23-24H,3-12H2,1-2H3/t14?,15-,16-,17+,18-,19-,20+/m0/s1. The van der Waals surface area contributed by atoms with E-state index < -0.39 is 11.2 Å². The van der Waals surface area contributed by atoms with Crippen LogP contribution in [-0.2, 0) is 4.79 Å². The van der Waals surface area contributed by atoms with E-state index in [4.69, 9.17) is 11.6 Å². The first-order valence-corrected chi connectivity index (χ1v) is 10.2. The van der Waals surface area contributed by atoms with E-state index >= 15 is 0 Å². The second-order valence-electron chi connectivity index (χ2n) is 10.1. The molecule has 7 atom stereocenters. The lowest BCUT2D eigenvalue weighted by Gasteiger charge is -2.63. The molecule has 0 heterocycles. The molecule has 1 spiro atoms. The highest BCUT2D eigenvalue weighted by atomic mass is 35.5. The second kappa shape index (κ2) is 4.98. The van der Waals surface area contributed by atoms with Gasteiger partial charge in [-0.25, -0.2) is 0 Å². The van der Waals surface area contributed by atoms with E-state index in [-0.39, 0.29) is 22.1 Å². The lowest BCUT2D eigenvalue weighted by molar-refractivity contribution is -0.171. The number of fused-ring (bicyclic) bond motifs is 3. The fourth-order valence-corrected chi connectivity index (χ4v) is 8.31. The van der Waals surface area contributed by atoms with E-state index in [1.54, 1.807) is 0 Å². The number of carbonyl (C=O) groups excluding carboxylic acids is 1. The van der Waals surface area contributed by atoms with E-state index in [2.05, 4.69) is 13.8 Å². The molecule has 0 saturated heterocycles. The summed E-state index contributed by atoms with van der Waals surface area (Å²) in [6.07, 6.45) is 9.48. The zero-order valence-electron chi connectivity index (χ0n) is 15.0. The molecular formula is C20H31ClO3. The molecule has 0 amide bonds. The number of hydrogen-bond acceptors (Lipinski definition) is 3. The summed E-state index contributed by atoms with van der Waals surface area (Å²) in [5, 5.41) is 22.2. The Morgan fingerprint density at radius 1 is 1.04 bits per heavy atom. The normalized spacial score (nSPS) is 59.5. The summed E-state index contributed by atoms with van der Waals surface area (Å²) in [4.78, 5) is 11.9. The molecule has 4 heteroatoms. The van der Waals surface area contributed by atoms with Crippen molar-refractivity contribution in [3.8, 4) is 0 Å². The fraction of sp³-hybridized carbons (Fsp3) is 0.950. The van der Waals surface area contributed by atoms with Crippen LogP contribution in [0.15, 0.2) is 0 Å². The first kappa shape index (κ1) is 17.3. The van der Waals surface area contributed by atoms with Crippen LogP contribution in [0, 0.1) is 28.1 Å². The van der Waals surface area contributed by atoms with Gasteiger partial charge in [0.15, 0.2) is 0 Å². The van der Waals surface area contributed by atoms with Crippen LogP contribution in [0.5, 0.6) is 0 Å². The number of hydrogen-bond donors (Lipinski definition) is 2. The van der Waals surface area contributed by atoms with Gasteiger partial charge >= 0.3 is 0 Å². The van der Waals surface area contributed by atoms with Crippen LogP contribution >= 0.6 is 11.6 Å². The minimum absolute atomic E-state index is 0.00300. The topological polar surface area (TPSA) is 57.5 Å². The van der Waals surface area contributed by atoms with Crippen LogP contribution in [0.1, 0.15) is 71.6 Å². The van der Waals surface area contributed by atoms with Crippen LogP contribution < -0.4 is 0 Å². The lowest BCUT2D eigenvalue weighted by atomic mass is 9.41. The molecule has 1 unspecified atom stereocenters. The Labute approximate surface area is 150 Å². The second-order valence-corrected chi connectivity index (χ2v) is 10.3. The summed E-state index contributed by atoms with van der Waals surface area (Å²) < 4.78 is 0. The molecule has 2 N–H and O–H groups in total. The molecule has 0 radical (unpaired) electrons. The third kappa shape index (κ3) is 1.90. The minimum atomic E-state index is -1.14. The van der Waals surface area contributed by atoms with Gasteiger partial charge in [-0.3, -0.25) is 0 Å². The van der Waals surface area contributed by atoms with Gasteiger partial charge in [0, 0.05) is 5.41 Å². The Morgan fingerprint density at radius 2 is 1.75 bits per heavy atom. The summed E-state index contributed by atoms with van der Waals surface area (Å²) >= 11 is 6.12. The van der Waals surface area contributed by atoms with Crippen LogP contribution in [0.2, 0.25) is 0 Å². The van der Waals surface area contributed by atoms with Crippen LogP contribution in [0.3, 0.4) is 0 Å². The van der Waals surface area contributed by atoms with Gasteiger partial charge in [0.2, 0.25) is 0 Å². The number of carbonyl (C=O) groups is 1. The van der Waals surface area contributed by atoms with E-state index in [0.29, 0.717) is 31.1 Å². The Morgan fingerprint density at radius 3 is 2.42 bits per heavy atom. The van der Waals surface area contributed by atoms with Crippen molar-refractivity contribution in [2.45, 2.75) is 82.8 Å². The molecule has 0 aromatic rings. The number of halogens is 1. The van der Waals surface area contributed by atoms with Crippen molar-refractivity contribution in [3.63, 3.8) is 0 Å². The van der Waals surface area contributed by atoms with Crippen LogP contribution in [0.4, 0.5) is 0 Å². The number of rotatable bonds is 2. The van der Waals surface area contributed by atoms with Crippen molar-refractivity contribution in [1.29, 1.82) is 0 Å². The van der Waals surface area contributed by atoms with Gasteiger partial charge in [-0.05, 0) is 74.0 Å². The predicted molar refractivity (Wildman–Crippen MR) is 93.9 cm³/mol. The van der Waals surface area contributed by atoms with Gasteiger partial charge in [-0.2, -0.15) is 0 Å². The van der Waals surface area contributed by atoms with Crippen LogP contribution in [-0.4, -0.2) is 33.6 Å². The van der Waals surface area contributed by atoms with Gasteiger partial charge in [0.25, 0.3) is 0 Å². The quantitative estimate of drug-likeness (QED) is 0.587.